The Hall–Kier alpha value is -2.11. The third kappa shape index (κ3) is 2.24. The number of aromatic carboxylic acids is 1. The zero-order valence-electron chi connectivity index (χ0n) is 12.6. The van der Waals surface area contributed by atoms with Crippen LogP contribution in [0.1, 0.15) is 35.8 Å². The zero-order chi connectivity index (χ0) is 15.1. The smallest absolute Gasteiger partial charge is 0.339 e. The average molecular weight is 288 g/mol. The maximum absolute atomic E-state index is 11.6. The van der Waals surface area contributed by atoms with E-state index in [4.69, 9.17) is 0 Å². The lowest BCUT2D eigenvalue weighted by Crippen LogP contribution is -2.35. The van der Waals surface area contributed by atoms with Crippen LogP contribution in [0.4, 0.5) is 5.69 Å². The number of carboxylic acid groups (broad SMARTS) is 1. The summed E-state index contributed by atoms with van der Waals surface area (Å²) in [5, 5.41) is 14.8. The van der Waals surface area contributed by atoms with Gasteiger partial charge in [-0.05, 0) is 25.7 Å². The van der Waals surface area contributed by atoms with Crippen LogP contribution in [-0.4, -0.2) is 38.9 Å². The molecule has 2 aromatic heterocycles. The molecule has 112 valence electrons. The maximum Gasteiger partial charge on any atom is 0.339 e. The largest absolute Gasteiger partial charge is 0.478 e. The molecule has 0 amide bonds. The number of carbonyl (C=O) groups is 1. The van der Waals surface area contributed by atoms with Crippen molar-refractivity contribution in [2.45, 2.75) is 26.7 Å². The van der Waals surface area contributed by atoms with Crippen LogP contribution in [-0.2, 0) is 7.05 Å². The summed E-state index contributed by atoms with van der Waals surface area (Å²) < 4.78 is 1.72. The van der Waals surface area contributed by atoms with Crippen molar-refractivity contribution < 1.29 is 9.90 Å². The molecule has 0 aromatic carbocycles. The number of hydrogen-bond donors (Lipinski definition) is 1. The SMILES string of the molecule is Cc1nn(C)c2ncc(C(=O)O)c(N3CCCC(C)C3)c12. The standard InChI is InChI=1S/C15H20N4O2/c1-9-5-4-6-19(8-9)13-11(15(20)21)7-16-14-12(13)10(2)17-18(14)3/h7,9H,4-6,8H2,1-3H3,(H,20,21). The van der Waals surface area contributed by atoms with Crippen molar-refractivity contribution in [1.82, 2.24) is 14.8 Å². The third-order valence-electron chi connectivity index (χ3n) is 4.20. The third-order valence-corrected chi connectivity index (χ3v) is 4.20. The monoisotopic (exact) mass is 288 g/mol. The van der Waals surface area contributed by atoms with E-state index in [1.807, 2.05) is 14.0 Å². The topological polar surface area (TPSA) is 71.2 Å². The Kier molecular flexibility index (Phi) is 3.31. The number of anilines is 1. The van der Waals surface area contributed by atoms with Gasteiger partial charge in [0, 0.05) is 26.3 Å². The molecule has 3 rings (SSSR count). The Bertz CT molecular complexity index is 707. The fraction of sp³-hybridized carbons (Fsp3) is 0.533. The van der Waals surface area contributed by atoms with Crippen molar-refractivity contribution in [2.24, 2.45) is 13.0 Å². The van der Waals surface area contributed by atoms with E-state index < -0.39 is 5.97 Å². The summed E-state index contributed by atoms with van der Waals surface area (Å²) in [5.74, 6) is -0.360. The van der Waals surface area contributed by atoms with E-state index >= 15 is 0 Å². The van der Waals surface area contributed by atoms with Gasteiger partial charge in [0.1, 0.15) is 5.56 Å². The normalized spacial score (nSPS) is 19.2. The van der Waals surface area contributed by atoms with Gasteiger partial charge in [-0.3, -0.25) is 4.68 Å². The minimum atomic E-state index is -0.930. The number of aryl methyl sites for hydroxylation is 2. The van der Waals surface area contributed by atoms with Crippen molar-refractivity contribution >= 4 is 22.7 Å². The van der Waals surface area contributed by atoms with Gasteiger partial charge in [0.05, 0.1) is 16.8 Å². The number of fused-ring (bicyclic) bond motifs is 1. The fourth-order valence-corrected chi connectivity index (χ4v) is 3.27. The molecule has 1 N–H and O–H groups in total. The molecule has 21 heavy (non-hydrogen) atoms. The lowest BCUT2D eigenvalue weighted by molar-refractivity contribution is 0.0697. The van der Waals surface area contributed by atoms with E-state index in [1.165, 1.54) is 12.6 Å². The van der Waals surface area contributed by atoms with E-state index in [0.29, 0.717) is 5.92 Å². The van der Waals surface area contributed by atoms with Crippen LogP contribution in [0.15, 0.2) is 6.20 Å². The van der Waals surface area contributed by atoms with E-state index in [2.05, 4.69) is 21.9 Å². The Morgan fingerprint density at radius 3 is 2.90 bits per heavy atom. The van der Waals surface area contributed by atoms with Crippen LogP contribution in [0.3, 0.4) is 0 Å². The Morgan fingerprint density at radius 2 is 2.24 bits per heavy atom. The van der Waals surface area contributed by atoms with Crippen LogP contribution in [0, 0.1) is 12.8 Å². The van der Waals surface area contributed by atoms with Crippen LogP contribution in [0.25, 0.3) is 11.0 Å². The molecule has 1 saturated heterocycles. The van der Waals surface area contributed by atoms with Crippen molar-refractivity contribution in [1.29, 1.82) is 0 Å². The molecule has 6 heteroatoms. The number of carboxylic acids is 1. The number of rotatable bonds is 2. The maximum atomic E-state index is 11.6. The lowest BCUT2D eigenvalue weighted by atomic mass is 9.98. The number of pyridine rings is 1. The molecule has 6 nitrogen and oxygen atoms in total. The minimum Gasteiger partial charge on any atom is -0.478 e. The Labute approximate surface area is 123 Å². The number of piperidine rings is 1. The molecule has 2 aromatic rings. The Morgan fingerprint density at radius 1 is 1.48 bits per heavy atom. The molecule has 1 aliphatic rings. The summed E-state index contributed by atoms with van der Waals surface area (Å²) in [5.41, 5.74) is 2.62. The van der Waals surface area contributed by atoms with Crippen molar-refractivity contribution in [3.05, 3.63) is 17.5 Å². The summed E-state index contributed by atoms with van der Waals surface area (Å²) in [7, 11) is 1.84. The van der Waals surface area contributed by atoms with E-state index in [9.17, 15) is 9.90 Å². The summed E-state index contributed by atoms with van der Waals surface area (Å²) in [4.78, 5) is 18.1. The van der Waals surface area contributed by atoms with Gasteiger partial charge in [-0.1, -0.05) is 6.92 Å². The predicted molar refractivity (Wildman–Crippen MR) is 80.8 cm³/mol. The number of hydrogen-bond acceptors (Lipinski definition) is 4. The highest BCUT2D eigenvalue weighted by Crippen LogP contribution is 2.34. The molecule has 1 aliphatic heterocycles. The highest BCUT2D eigenvalue weighted by atomic mass is 16.4. The first-order chi connectivity index (χ1) is 9.99. The van der Waals surface area contributed by atoms with Crippen molar-refractivity contribution in [3.63, 3.8) is 0 Å². The quantitative estimate of drug-likeness (QED) is 0.917. The molecule has 0 spiro atoms. The second-order valence-electron chi connectivity index (χ2n) is 5.93. The van der Waals surface area contributed by atoms with Gasteiger partial charge >= 0.3 is 5.97 Å². The fourth-order valence-electron chi connectivity index (χ4n) is 3.27. The first kappa shape index (κ1) is 13.9. The minimum absolute atomic E-state index is 0.271. The molecule has 0 radical (unpaired) electrons. The molecular formula is C15H20N4O2. The number of nitrogens with zero attached hydrogens (tertiary/aromatic N) is 4. The van der Waals surface area contributed by atoms with Gasteiger partial charge in [0.15, 0.2) is 5.65 Å². The van der Waals surface area contributed by atoms with Gasteiger partial charge in [0.25, 0.3) is 0 Å². The van der Waals surface area contributed by atoms with E-state index in [0.717, 1.165) is 41.9 Å². The van der Waals surface area contributed by atoms with Crippen LogP contribution in [0.5, 0.6) is 0 Å². The lowest BCUT2D eigenvalue weighted by Gasteiger charge is -2.34. The van der Waals surface area contributed by atoms with Crippen molar-refractivity contribution in [2.75, 3.05) is 18.0 Å². The van der Waals surface area contributed by atoms with Crippen LogP contribution in [0.2, 0.25) is 0 Å². The van der Waals surface area contributed by atoms with Crippen LogP contribution >= 0.6 is 0 Å². The predicted octanol–water partition coefficient (Wildman–Crippen LogP) is 2.21. The van der Waals surface area contributed by atoms with Crippen LogP contribution < -0.4 is 4.90 Å². The average Bonchev–Trinajstić information content (AvgIpc) is 2.73. The molecule has 1 fully saturated rings. The second-order valence-corrected chi connectivity index (χ2v) is 5.93. The first-order valence-corrected chi connectivity index (χ1v) is 7.29. The molecule has 1 atom stereocenters. The summed E-state index contributed by atoms with van der Waals surface area (Å²) in [6, 6.07) is 0. The second kappa shape index (κ2) is 5.02. The molecule has 3 heterocycles. The molecule has 1 unspecified atom stereocenters. The zero-order valence-corrected chi connectivity index (χ0v) is 12.6. The van der Waals surface area contributed by atoms with Crippen molar-refractivity contribution in [3.8, 4) is 0 Å². The van der Waals surface area contributed by atoms with Gasteiger partial charge in [0.2, 0.25) is 0 Å². The van der Waals surface area contributed by atoms with Gasteiger partial charge in [-0.2, -0.15) is 5.10 Å². The number of aromatic nitrogens is 3. The molecule has 0 bridgehead atoms. The summed E-state index contributed by atoms with van der Waals surface area (Å²) in [6.07, 6.45) is 3.74. The molecule has 0 saturated carbocycles. The van der Waals surface area contributed by atoms with Gasteiger partial charge < -0.3 is 10.0 Å². The highest BCUT2D eigenvalue weighted by Gasteiger charge is 2.26. The van der Waals surface area contributed by atoms with E-state index in [-0.39, 0.29) is 5.56 Å². The van der Waals surface area contributed by atoms with Gasteiger partial charge in [-0.25, -0.2) is 9.78 Å². The Balaban J connectivity index is 2.25. The van der Waals surface area contributed by atoms with E-state index in [1.54, 1.807) is 4.68 Å². The molecule has 0 aliphatic carbocycles. The van der Waals surface area contributed by atoms with Gasteiger partial charge in [-0.15, -0.1) is 0 Å². The molecular weight excluding hydrogens is 268 g/mol. The highest BCUT2D eigenvalue weighted by molar-refractivity contribution is 6.04. The summed E-state index contributed by atoms with van der Waals surface area (Å²) in [6.45, 7) is 5.89. The first-order valence-electron chi connectivity index (χ1n) is 7.29. The summed E-state index contributed by atoms with van der Waals surface area (Å²) >= 11 is 0.